The third-order valence-corrected chi connectivity index (χ3v) is 3.73. The van der Waals surface area contributed by atoms with Crippen molar-refractivity contribution in [1.29, 1.82) is 0 Å². The maximum absolute atomic E-state index is 11.7. The van der Waals surface area contributed by atoms with Crippen LogP contribution < -0.4 is 14.8 Å². The van der Waals surface area contributed by atoms with Gasteiger partial charge in [-0.1, -0.05) is 0 Å². The van der Waals surface area contributed by atoms with Gasteiger partial charge in [0.1, 0.15) is 11.5 Å². The number of rotatable bonds is 4. The van der Waals surface area contributed by atoms with Crippen LogP contribution in [0.15, 0.2) is 18.2 Å². The van der Waals surface area contributed by atoms with Crippen molar-refractivity contribution in [3.63, 3.8) is 0 Å². The van der Waals surface area contributed by atoms with E-state index in [-0.39, 0.29) is 30.2 Å². The quantitative estimate of drug-likeness (QED) is 0.861. The summed E-state index contributed by atoms with van der Waals surface area (Å²) >= 11 is 0. The first-order valence-corrected chi connectivity index (χ1v) is 6.69. The highest BCUT2D eigenvalue weighted by atomic mass is 35.5. The Kier molecular flexibility index (Phi) is 6.78. The molecule has 0 radical (unpaired) electrons. The highest BCUT2D eigenvalue weighted by Crippen LogP contribution is 2.32. The molecule has 1 aromatic rings. The number of nitrogens with one attached hydrogen (secondary N) is 1. The van der Waals surface area contributed by atoms with Gasteiger partial charge in [-0.15, -0.1) is 12.4 Å². The Bertz CT molecular complexity index is 458. The first kappa shape index (κ1) is 17.6. The van der Waals surface area contributed by atoms with Crippen LogP contribution in [-0.2, 0) is 9.53 Å². The van der Waals surface area contributed by atoms with Crippen LogP contribution in [0, 0.1) is 5.92 Å². The summed E-state index contributed by atoms with van der Waals surface area (Å²) in [6.45, 7) is 1.51. The molecule has 1 aromatic carbocycles. The molecule has 2 rings (SSSR count). The molecule has 0 saturated carbocycles. The summed E-state index contributed by atoms with van der Waals surface area (Å²) in [5.74, 6) is 1.52. The van der Waals surface area contributed by atoms with Crippen LogP contribution in [0.1, 0.15) is 17.9 Å². The van der Waals surface area contributed by atoms with Crippen molar-refractivity contribution in [2.45, 2.75) is 12.3 Å². The zero-order chi connectivity index (χ0) is 14.5. The summed E-state index contributed by atoms with van der Waals surface area (Å²) in [4.78, 5) is 11.7. The minimum absolute atomic E-state index is 0. The van der Waals surface area contributed by atoms with Gasteiger partial charge in [0.25, 0.3) is 0 Å². The molecule has 2 unspecified atom stereocenters. The van der Waals surface area contributed by atoms with Crippen molar-refractivity contribution >= 4 is 18.4 Å². The van der Waals surface area contributed by atoms with Crippen LogP contribution in [0.2, 0.25) is 0 Å². The molecular formula is C15H22ClNO4. The van der Waals surface area contributed by atoms with Crippen LogP contribution in [0.4, 0.5) is 0 Å². The molecule has 6 heteroatoms. The lowest BCUT2D eigenvalue weighted by atomic mass is 9.85. The van der Waals surface area contributed by atoms with Crippen LogP contribution in [0.3, 0.4) is 0 Å². The average Bonchev–Trinajstić information content (AvgIpc) is 2.53. The van der Waals surface area contributed by atoms with Crippen molar-refractivity contribution in [2.24, 2.45) is 5.92 Å². The lowest BCUT2D eigenvalue weighted by Gasteiger charge is -2.29. The summed E-state index contributed by atoms with van der Waals surface area (Å²) in [5.41, 5.74) is 1.11. The Labute approximate surface area is 131 Å². The lowest BCUT2D eigenvalue weighted by molar-refractivity contribution is -0.146. The molecule has 21 heavy (non-hydrogen) atoms. The molecule has 118 valence electrons. The standard InChI is InChI=1S/C15H21NO4.ClH/c1-18-13-5-10(6-14(7-13)19-2)11-4-12(9-16-8-11)15(17)20-3;/h5-7,11-12,16H,4,8-9H2,1-3H3;1H. The molecule has 0 aliphatic carbocycles. The van der Waals surface area contributed by atoms with Crippen LogP contribution in [0.5, 0.6) is 11.5 Å². The van der Waals surface area contributed by atoms with Gasteiger partial charge < -0.3 is 19.5 Å². The number of halogens is 1. The van der Waals surface area contributed by atoms with Crippen molar-refractivity contribution in [3.8, 4) is 11.5 Å². The molecule has 5 nitrogen and oxygen atoms in total. The molecule has 1 fully saturated rings. The smallest absolute Gasteiger partial charge is 0.309 e. The predicted molar refractivity (Wildman–Crippen MR) is 82.5 cm³/mol. The Morgan fingerprint density at radius 1 is 1.10 bits per heavy atom. The van der Waals surface area contributed by atoms with E-state index in [1.54, 1.807) is 14.2 Å². The lowest BCUT2D eigenvalue weighted by Crippen LogP contribution is -2.39. The molecule has 0 spiro atoms. The number of hydrogen-bond donors (Lipinski definition) is 1. The summed E-state index contributed by atoms with van der Waals surface area (Å²) in [6, 6.07) is 5.83. The number of hydrogen-bond acceptors (Lipinski definition) is 5. The average molecular weight is 316 g/mol. The molecule has 1 aliphatic rings. The topological polar surface area (TPSA) is 56.8 Å². The number of piperidine rings is 1. The largest absolute Gasteiger partial charge is 0.497 e. The molecule has 1 heterocycles. The molecule has 0 amide bonds. The number of carbonyl (C=O) groups excluding carboxylic acids is 1. The second-order valence-corrected chi connectivity index (χ2v) is 4.96. The summed E-state index contributed by atoms with van der Waals surface area (Å²) in [6.07, 6.45) is 0.774. The Balaban J connectivity index is 0.00000220. The number of esters is 1. The van der Waals surface area contributed by atoms with Gasteiger partial charge in [0.05, 0.1) is 27.2 Å². The fraction of sp³-hybridized carbons (Fsp3) is 0.533. The van der Waals surface area contributed by atoms with Gasteiger partial charge in [0.15, 0.2) is 0 Å². The molecular weight excluding hydrogens is 294 g/mol. The highest BCUT2D eigenvalue weighted by Gasteiger charge is 2.29. The first-order chi connectivity index (χ1) is 9.67. The van der Waals surface area contributed by atoms with Gasteiger partial charge in [-0.05, 0) is 30.0 Å². The third-order valence-electron chi connectivity index (χ3n) is 3.73. The minimum Gasteiger partial charge on any atom is -0.497 e. The van der Waals surface area contributed by atoms with Crippen molar-refractivity contribution < 1.29 is 19.0 Å². The Hall–Kier alpha value is -1.46. The van der Waals surface area contributed by atoms with Gasteiger partial charge >= 0.3 is 5.97 Å². The summed E-state index contributed by atoms with van der Waals surface area (Å²) in [5, 5.41) is 3.29. The van der Waals surface area contributed by atoms with E-state index in [1.807, 2.05) is 18.2 Å². The normalized spacial score (nSPS) is 21.1. The van der Waals surface area contributed by atoms with Gasteiger partial charge in [-0.3, -0.25) is 4.79 Å². The zero-order valence-corrected chi connectivity index (χ0v) is 13.4. The fourth-order valence-corrected chi connectivity index (χ4v) is 2.61. The molecule has 2 atom stereocenters. The van der Waals surface area contributed by atoms with Gasteiger partial charge in [0, 0.05) is 19.2 Å². The van der Waals surface area contributed by atoms with E-state index < -0.39 is 0 Å². The summed E-state index contributed by atoms with van der Waals surface area (Å²) in [7, 11) is 4.70. The van der Waals surface area contributed by atoms with Crippen LogP contribution in [-0.4, -0.2) is 40.4 Å². The monoisotopic (exact) mass is 315 g/mol. The Morgan fingerprint density at radius 3 is 2.24 bits per heavy atom. The van der Waals surface area contributed by atoms with E-state index >= 15 is 0 Å². The maximum Gasteiger partial charge on any atom is 0.309 e. The number of ether oxygens (including phenoxy) is 3. The molecule has 0 aromatic heterocycles. The predicted octanol–water partition coefficient (Wildman–Crippen LogP) is 1.99. The van der Waals surface area contributed by atoms with E-state index in [2.05, 4.69) is 5.32 Å². The van der Waals surface area contributed by atoms with Gasteiger partial charge in [-0.2, -0.15) is 0 Å². The number of methoxy groups -OCH3 is 3. The second kappa shape index (κ2) is 8.10. The molecule has 0 bridgehead atoms. The van der Waals surface area contributed by atoms with E-state index in [0.29, 0.717) is 6.54 Å². The van der Waals surface area contributed by atoms with E-state index in [0.717, 1.165) is 30.0 Å². The fourth-order valence-electron chi connectivity index (χ4n) is 2.61. The molecule has 1 saturated heterocycles. The third kappa shape index (κ3) is 4.25. The van der Waals surface area contributed by atoms with Gasteiger partial charge in [-0.25, -0.2) is 0 Å². The molecule has 1 N–H and O–H groups in total. The van der Waals surface area contributed by atoms with Crippen LogP contribution in [0.25, 0.3) is 0 Å². The van der Waals surface area contributed by atoms with E-state index in [1.165, 1.54) is 7.11 Å². The number of benzene rings is 1. The summed E-state index contributed by atoms with van der Waals surface area (Å²) < 4.78 is 15.4. The Morgan fingerprint density at radius 2 is 1.71 bits per heavy atom. The maximum atomic E-state index is 11.7. The minimum atomic E-state index is -0.155. The first-order valence-electron chi connectivity index (χ1n) is 6.69. The highest BCUT2D eigenvalue weighted by molar-refractivity contribution is 5.85. The van der Waals surface area contributed by atoms with Crippen molar-refractivity contribution in [2.75, 3.05) is 34.4 Å². The van der Waals surface area contributed by atoms with Gasteiger partial charge in [0.2, 0.25) is 0 Å². The van der Waals surface area contributed by atoms with E-state index in [9.17, 15) is 4.79 Å². The molecule has 1 aliphatic heterocycles. The zero-order valence-electron chi connectivity index (χ0n) is 12.5. The van der Waals surface area contributed by atoms with E-state index in [4.69, 9.17) is 14.2 Å². The van der Waals surface area contributed by atoms with Crippen molar-refractivity contribution in [1.82, 2.24) is 5.32 Å². The second-order valence-electron chi connectivity index (χ2n) is 4.96. The number of carbonyl (C=O) groups is 1. The SMILES string of the molecule is COC(=O)C1CNCC(c2cc(OC)cc(OC)c2)C1.Cl. The van der Waals surface area contributed by atoms with Crippen LogP contribution >= 0.6 is 12.4 Å². The van der Waals surface area contributed by atoms with Crippen molar-refractivity contribution in [3.05, 3.63) is 23.8 Å².